The molecule has 2 N–H and O–H groups in total. The number of nitrogens with one attached hydrogen (secondary N) is 1. The Kier molecular flexibility index (Phi) is 7.06. The fourth-order valence-corrected chi connectivity index (χ4v) is 2.95. The van der Waals surface area contributed by atoms with Crippen LogP contribution in [-0.4, -0.2) is 43.9 Å². The van der Waals surface area contributed by atoms with Crippen molar-refractivity contribution in [3.8, 4) is 11.5 Å². The molecule has 0 spiro atoms. The molecular weight excluding hydrogens is 326 g/mol. The molecule has 2 rings (SSSR count). The van der Waals surface area contributed by atoms with Crippen LogP contribution in [0.25, 0.3) is 0 Å². The number of aliphatic carboxylic acids is 1. The van der Waals surface area contributed by atoms with Crippen LogP contribution in [0.1, 0.15) is 43.7 Å². The summed E-state index contributed by atoms with van der Waals surface area (Å²) < 4.78 is 16.0. The van der Waals surface area contributed by atoms with Crippen LogP contribution in [0.2, 0.25) is 0 Å². The van der Waals surface area contributed by atoms with E-state index in [4.69, 9.17) is 14.2 Å². The highest BCUT2D eigenvalue weighted by molar-refractivity contribution is 5.78. The SMILES string of the molecule is COc1ccc(C(CC(=O)O)NC(=O)CCC2CCCO2)c(OC)c1. The van der Waals surface area contributed by atoms with Gasteiger partial charge in [-0.05, 0) is 31.4 Å². The van der Waals surface area contributed by atoms with Gasteiger partial charge in [-0.1, -0.05) is 0 Å². The molecule has 1 heterocycles. The molecule has 2 unspecified atom stereocenters. The van der Waals surface area contributed by atoms with Crippen molar-refractivity contribution in [3.05, 3.63) is 23.8 Å². The van der Waals surface area contributed by atoms with Gasteiger partial charge >= 0.3 is 5.97 Å². The number of carboxylic acid groups (broad SMARTS) is 1. The highest BCUT2D eigenvalue weighted by Crippen LogP contribution is 2.31. The normalized spacial score (nSPS) is 17.8. The standard InChI is InChI=1S/C18H25NO6/c1-23-13-5-7-14(16(10-13)24-2)15(11-18(21)22)19-17(20)8-6-12-4-3-9-25-12/h5,7,10,12,15H,3-4,6,8-9,11H2,1-2H3,(H,19,20)(H,21,22). The van der Waals surface area contributed by atoms with Gasteiger partial charge in [0.1, 0.15) is 11.5 Å². The molecule has 25 heavy (non-hydrogen) atoms. The molecule has 1 aromatic carbocycles. The Morgan fingerprint density at radius 3 is 2.76 bits per heavy atom. The maximum atomic E-state index is 12.3. The molecule has 0 radical (unpaired) electrons. The molecule has 0 aromatic heterocycles. The van der Waals surface area contributed by atoms with Crippen LogP contribution in [0.3, 0.4) is 0 Å². The maximum absolute atomic E-state index is 12.3. The second-order valence-corrected chi connectivity index (χ2v) is 6.00. The maximum Gasteiger partial charge on any atom is 0.305 e. The van der Waals surface area contributed by atoms with Gasteiger partial charge in [0, 0.05) is 24.7 Å². The zero-order valence-electron chi connectivity index (χ0n) is 14.6. The molecule has 0 aliphatic carbocycles. The van der Waals surface area contributed by atoms with E-state index in [2.05, 4.69) is 5.32 Å². The molecule has 1 aromatic rings. The molecule has 7 nitrogen and oxygen atoms in total. The van der Waals surface area contributed by atoms with Gasteiger partial charge < -0.3 is 24.6 Å². The first-order valence-corrected chi connectivity index (χ1v) is 8.38. The average Bonchev–Trinajstić information content (AvgIpc) is 3.12. The molecular formula is C18H25NO6. The van der Waals surface area contributed by atoms with Crippen LogP contribution < -0.4 is 14.8 Å². The zero-order chi connectivity index (χ0) is 18.2. The molecule has 0 saturated carbocycles. The van der Waals surface area contributed by atoms with E-state index in [1.54, 1.807) is 18.2 Å². The highest BCUT2D eigenvalue weighted by Gasteiger charge is 2.23. The number of carboxylic acids is 1. The monoisotopic (exact) mass is 351 g/mol. The number of carbonyl (C=O) groups is 2. The number of rotatable bonds is 9. The number of benzene rings is 1. The van der Waals surface area contributed by atoms with Crippen molar-refractivity contribution in [2.45, 2.75) is 44.2 Å². The summed E-state index contributed by atoms with van der Waals surface area (Å²) in [5, 5.41) is 12.0. The van der Waals surface area contributed by atoms with Gasteiger partial charge in [0.05, 0.1) is 32.8 Å². The Balaban J connectivity index is 2.07. The third kappa shape index (κ3) is 5.63. The van der Waals surface area contributed by atoms with Crippen molar-refractivity contribution < 1.29 is 28.9 Å². The van der Waals surface area contributed by atoms with Crippen LogP contribution >= 0.6 is 0 Å². The van der Waals surface area contributed by atoms with Crippen LogP contribution in [-0.2, 0) is 14.3 Å². The average molecular weight is 351 g/mol. The van der Waals surface area contributed by atoms with Crippen molar-refractivity contribution in [1.29, 1.82) is 0 Å². The quantitative estimate of drug-likeness (QED) is 0.709. The van der Waals surface area contributed by atoms with Crippen molar-refractivity contribution in [2.24, 2.45) is 0 Å². The summed E-state index contributed by atoms with van der Waals surface area (Å²) in [4.78, 5) is 23.5. The molecule has 7 heteroatoms. The first-order valence-electron chi connectivity index (χ1n) is 8.38. The summed E-state index contributed by atoms with van der Waals surface area (Å²) in [5.41, 5.74) is 0.608. The predicted molar refractivity (Wildman–Crippen MR) is 90.9 cm³/mol. The van der Waals surface area contributed by atoms with Gasteiger partial charge in [-0.3, -0.25) is 9.59 Å². The smallest absolute Gasteiger partial charge is 0.305 e. The summed E-state index contributed by atoms with van der Waals surface area (Å²) in [6, 6.07) is 4.43. The van der Waals surface area contributed by atoms with Crippen LogP contribution in [0.15, 0.2) is 18.2 Å². The van der Waals surface area contributed by atoms with Crippen molar-refractivity contribution in [3.63, 3.8) is 0 Å². The van der Waals surface area contributed by atoms with E-state index in [0.717, 1.165) is 19.4 Å². The zero-order valence-corrected chi connectivity index (χ0v) is 14.6. The fraction of sp³-hybridized carbons (Fsp3) is 0.556. The molecule has 0 bridgehead atoms. The summed E-state index contributed by atoms with van der Waals surface area (Å²) in [5.74, 6) is -0.119. The third-order valence-corrected chi connectivity index (χ3v) is 4.25. The Hall–Kier alpha value is -2.28. The molecule has 138 valence electrons. The molecule has 2 atom stereocenters. The number of hydrogen-bond donors (Lipinski definition) is 2. The lowest BCUT2D eigenvalue weighted by atomic mass is 10.0. The topological polar surface area (TPSA) is 94.1 Å². The van der Waals surface area contributed by atoms with Crippen LogP contribution in [0, 0.1) is 0 Å². The van der Waals surface area contributed by atoms with E-state index < -0.39 is 12.0 Å². The number of amides is 1. The molecule has 1 aliphatic heterocycles. The van der Waals surface area contributed by atoms with Crippen molar-refractivity contribution in [1.82, 2.24) is 5.32 Å². The van der Waals surface area contributed by atoms with Gasteiger partial charge in [-0.15, -0.1) is 0 Å². The fourth-order valence-electron chi connectivity index (χ4n) is 2.95. The lowest BCUT2D eigenvalue weighted by Gasteiger charge is -2.21. The summed E-state index contributed by atoms with van der Waals surface area (Å²) in [6.07, 6.45) is 2.84. The summed E-state index contributed by atoms with van der Waals surface area (Å²) in [7, 11) is 3.03. The van der Waals surface area contributed by atoms with Gasteiger partial charge in [0.25, 0.3) is 0 Å². The lowest BCUT2D eigenvalue weighted by molar-refractivity contribution is -0.137. The largest absolute Gasteiger partial charge is 0.497 e. The van der Waals surface area contributed by atoms with Gasteiger partial charge in [0.2, 0.25) is 5.91 Å². The Labute approximate surface area is 147 Å². The van der Waals surface area contributed by atoms with E-state index in [-0.39, 0.29) is 18.4 Å². The minimum absolute atomic E-state index is 0.124. The minimum Gasteiger partial charge on any atom is -0.497 e. The number of carbonyl (C=O) groups excluding carboxylic acids is 1. The first-order chi connectivity index (χ1) is 12.0. The molecule has 1 saturated heterocycles. The predicted octanol–water partition coefficient (Wildman–Crippen LogP) is 2.29. The first kappa shape index (κ1) is 19.1. The van der Waals surface area contributed by atoms with Gasteiger partial charge in [0.15, 0.2) is 0 Å². The summed E-state index contributed by atoms with van der Waals surface area (Å²) >= 11 is 0. The van der Waals surface area contributed by atoms with E-state index in [1.807, 2.05) is 0 Å². The number of ether oxygens (including phenoxy) is 3. The van der Waals surface area contributed by atoms with E-state index >= 15 is 0 Å². The van der Waals surface area contributed by atoms with Gasteiger partial charge in [-0.25, -0.2) is 0 Å². The van der Waals surface area contributed by atoms with Crippen LogP contribution in [0.4, 0.5) is 0 Å². The number of methoxy groups -OCH3 is 2. The summed E-state index contributed by atoms with van der Waals surface area (Å²) in [6.45, 7) is 0.747. The third-order valence-electron chi connectivity index (χ3n) is 4.25. The Bertz CT molecular complexity index is 597. The highest BCUT2D eigenvalue weighted by atomic mass is 16.5. The second-order valence-electron chi connectivity index (χ2n) is 6.00. The van der Waals surface area contributed by atoms with Crippen molar-refractivity contribution in [2.75, 3.05) is 20.8 Å². The minimum atomic E-state index is -0.998. The van der Waals surface area contributed by atoms with Crippen molar-refractivity contribution >= 4 is 11.9 Å². The van der Waals surface area contributed by atoms with E-state index in [9.17, 15) is 14.7 Å². The van der Waals surface area contributed by atoms with E-state index in [1.165, 1.54) is 14.2 Å². The number of hydrogen-bond acceptors (Lipinski definition) is 5. The Morgan fingerprint density at radius 2 is 2.16 bits per heavy atom. The van der Waals surface area contributed by atoms with Gasteiger partial charge in [-0.2, -0.15) is 0 Å². The molecule has 1 fully saturated rings. The second kappa shape index (κ2) is 9.27. The van der Waals surface area contributed by atoms with Crippen LogP contribution in [0.5, 0.6) is 11.5 Å². The Morgan fingerprint density at radius 1 is 1.36 bits per heavy atom. The molecule has 1 aliphatic rings. The lowest BCUT2D eigenvalue weighted by Crippen LogP contribution is -2.31. The van der Waals surface area contributed by atoms with E-state index in [0.29, 0.717) is 29.9 Å². The molecule has 1 amide bonds.